The summed E-state index contributed by atoms with van der Waals surface area (Å²) in [5.74, 6) is 0. The van der Waals surface area contributed by atoms with Gasteiger partial charge in [0.1, 0.15) is 6.29 Å². The number of carbonyl (C=O) groups is 1. The van der Waals surface area contributed by atoms with Gasteiger partial charge >= 0.3 is 0 Å². The first-order chi connectivity index (χ1) is 4.74. The first kappa shape index (κ1) is 7.15. The Morgan fingerprint density at radius 1 is 1.50 bits per heavy atom. The molecule has 1 aromatic rings. The maximum atomic E-state index is 10.2. The number of hydrogen-bond acceptors (Lipinski definition) is 3. The second-order valence-corrected chi connectivity index (χ2v) is 2.42. The zero-order valence-electron chi connectivity index (χ0n) is 5.24. The van der Waals surface area contributed by atoms with Gasteiger partial charge in [0.2, 0.25) is 0 Å². The molecule has 0 amide bonds. The van der Waals surface area contributed by atoms with Crippen molar-refractivity contribution >= 4 is 24.6 Å². The van der Waals surface area contributed by atoms with E-state index in [0.717, 1.165) is 6.29 Å². The average Bonchev–Trinajstić information content (AvgIpc) is 1.95. The number of carbonyl (C=O) groups excluding carboxylic acids is 1. The van der Waals surface area contributed by atoms with E-state index in [1.54, 1.807) is 18.2 Å². The van der Waals surface area contributed by atoms with Gasteiger partial charge in [0.25, 0.3) is 0 Å². The third kappa shape index (κ3) is 1.30. The summed E-state index contributed by atoms with van der Waals surface area (Å²) in [6.07, 6.45) is 0.763. The molecule has 0 fully saturated rings. The lowest BCUT2D eigenvalue weighted by Crippen LogP contribution is -1.87. The monoisotopic (exact) mass is 153 g/mol. The fourth-order valence-corrected chi connectivity index (χ4v) is 0.858. The van der Waals surface area contributed by atoms with Crippen LogP contribution in [0.2, 0.25) is 0 Å². The van der Waals surface area contributed by atoms with Crippen molar-refractivity contribution in [2.24, 2.45) is 0 Å². The molecule has 0 aliphatic heterocycles. The largest absolute Gasteiger partial charge is 0.398 e. The van der Waals surface area contributed by atoms with Gasteiger partial charge in [-0.05, 0) is 18.2 Å². The predicted molar refractivity (Wildman–Crippen MR) is 43.5 cm³/mol. The van der Waals surface area contributed by atoms with Crippen molar-refractivity contribution < 1.29 is 4.79 Å². The molecule has 1 rings (SSSR count). The number of nitrogen functional groups attached to an aromatic ring is 1. The fourth-order valence-electron chi connectivity index (χ4n) is 0.634. The summed E-state index contributed by atoms with van der Waals surface area (Å²) < 4.78 is 0. The van der Waals surface area contributed by atoms with E-state index in [4.69, 9.17) is 5.73 Å². The zero-order chi connectivity index (χ0) is 7.56. The van der Waals surface area contributed by atoms with Crippen molar-refractivity contribution in [1.82, 2.24) is 0 Å². The molecule has 0 bridgehead atoms. The molecule has 0 saturated carbocycles. The Morgan fingerprint density at radius 2 is 2.20 bits per heavy atom. The number of benzene rings is 1. The molecule has 0 aliphatic carbocycles. The van der Waals surface area contributed by atoms with Crippen LogP contribution in [-0.4, -0.2) is 6.29 Å². The van der Waals surface area contributed by atoms with Crippen molar-refractivity contribution in [1.29, 1.82) is 0 Å². The van der Waals surface area contributed by atoms with Gasteiger partial charge in [-0.2, -0.15) is 0 Å². The number of aldehydes is 1. The van der Waals surface area contributed by atoms with E-state index in [1.807, 2.05) is 0 Å². The van der Waals surface area contributed by atoms with Gasteiger partial charge in [-0.1, -0.05) is 0 Å². The smallest absolute Gasteiger partial charge is 0.150 e. The summed E-state index contributed by atoms with van der Waals surface area (Å²) in [7, 11) is 0. The topological polar surface area (TPSA) is 43.1 Å². The lowest BCUT2D eigenvalue weighted by atomic mass is 10.2. The van der Waals surface area contributed by atoms with Crippen molar-refractivity contribution in [2.75, 3.05) is 5.73 Å². The summed E-state index contributed by atoms with van der Waals surface area (Å²) in [6, 6.07) is 4.94. The molecule has 0 heterocycles. The minimum atomic E-state index is 0.592. The second kappa shape index (κ2) is 2.75. The third-order valence-electron chi connectivity index (χ3n) is 1.19. The molecule has 2 N–H and O–H groups in total. The van der Waals surface area contributed by atoms with Gasteiger partial charge in [-0.15, -0.1) is 12.6 Å². The van der Waals surface area contributed by atoms with Crippen LogP contribution >= 0.6 is 12.6 Å². The highest BCUT2D eigenvalue weighted by molar-refractivity contribution is 7.80. The van der Waals surface area contributed by atoms with Gasteiger partial charge in [-0.25, -0.2) is 0 Å². The fraction of sp³-hybridized carbons (Fsp3) is 0. The van der Waals surface area contributed by atoms with E-state index in [-0.39, 0.29) is 0 Å². The maximum Gasteiger partial charge on any atom is 0.150 e. The summed E-state index contributed by atoms with van der Waals surface area (Å²) in [6.45, 7) is 0. The molecule has 0 radical (unpaired) electrons. The van der Waals surface area contributed by atoms with Gasteiger partial charge in [0, 0.05) is 16.1 Å². The van der Waals surface area contributed by atoms with Crippen LogP contribution in [-0.2, 0) is 0 Å². The number of rotatable bonds is 1. The Labute approximate surface area is 64.5 Å². The Balaban J connectivity index is 3.16. The molecule has 0 aliphatic rings. The SMILES string of the molecule is Nc1ccc(C=O)cc1S. The summed E-state index contributed by atoms with van der Waals surface area (Å²) in [4.78, 5) is 10.8. The standard InChI is InChI=1S/C7H7NOS/c8-6-2-1-5(4-9)3-7(6)10/h1-4,10H,8H2. The third-order valence-corrected chi connectivity index (χ3v) is 1.58. The van der Waals surface area contributed by atoms with Crippen LogP contribution in [0.5, 0.6) is 0 Å². The molecule has 0 unspecified atom stereocenters. The molecular formula is C7H7NOS. The summed E-state index contributed by atoms with van der Waals surface area (Å²) >= 11 is 4.04. The van der Waals surface area contributed by atoms with Crippen LogP contribution in [0.4, 0.5) is 5.69 Å². The molecule has 0 atom stereocenters. The quantitative estimate of drug-likeness (QED) is 0.363. The van der Waals surface area contributed by atoms with E-state index in [9.17, 15) is 4.79 Å². The highest BCUT2D eigenvalue weighted by Gasteiger charge is 1.94. The minimum absolute atomic E-state index is 0.592. The number of hydrogen-bond donors (Lipinski definition) is 2. The van der Waals surface area contributed by atoms with Gasteiger partial charge < -0.3 is 5.73 Å². The Hall–Kier alpha value is -0.960. The van der Waals surface area contributed by atoms with Crippen LogP contribution in [0.25, 0.3) is 0 Å². The highest BCUT2D eigenvalue weighted by atomic mass is 32.1. The van der Waals surface area contributed by atoms with Crippen molar-refractivity contribution in [3.8, 4) is 0 Å². The van der Waals surface area contributed by atoms with Crippen LogP contribution in [0.1, 0.15) is 10.4 Å². The van der Waals surface area contributed by atoms with Gasteiger partial charge in [0.05, 0.1) is 0 Å². The molecule has 0 aromatic heterocycles. The molecule has 52 valence electrons. The Bertz CT molecular complexity index is 260. The molecule has 10 heavy (non-hydrogen) atoms. The number of thiol groups is 1. The van der Waals surface area contributed by atoms with Gasteiger partial charge in [-0.3, -0.25) is 4.79 Å². The molecule has 0 saturated heterocycles. The van der Waals surface area contributed by atoms with Crippen LogP contribution in [0, 0.1) is 0 Å². The van der Waals surface area contributed by atoms with Crippen LogP contribution < -0.4 is 5.73 Å². The van der Waals surface area contributed by atoms with Crippen LogP contribution in [0.15, 0.2) is 23.1 Å². The highest BCUT2D eigenvalue weighted by Crippen LogP contribution is 2.16. The van der Waals surface area contributed by atoms with E-state index in [1.165, 1.54) is 0 Å². The Morgan fingerprint density at radius 3 is 2.70 bits per heavy atom. The number of anilines is 1. The van der Waals surface area contributed by atoms with E-state index in [2.05, 4.69) is 12.6 Å². The molecule has 3 heteroatoms. The van der Waals surface area contributed by atoms with Gasteiger partial charge in [0.15, 0.2) is 0 Å². The van der Waals surface area contributed by atoms with Crippen molar-refractivity contribution in [3.63, 3.8) is 0 Å². The molecule has 2 nitrogen and oxygen atoms in total. The predicted octanol–water partition coefficient (Wildman–Crippen LogP) is 1.37. The summed E-state index contributed by atoms with van der Waals surface area (Å²) in [5, 5.41) is 0. The van der Waals surface area contributed by atoms with Crippen molar-refractivity contribution in [3.05, 3.63) is 23.8 Å². The zero-order valence-corrected chi connectivity index (χ0v) is 6.14. The first-order valence-electron chi connectivity index (χ1n) is 2.77. The first-order valence-corrected chi connectivity index (χ1v) is 3.22. The van der Waals surface area contributed by atoms with Crippen molar-refractivity contribution in [2.45, 2.75) is 4.90 Å². The average molecular weight is 153 g/mol. The maximum absolute atomic E-state index is 10.2. The molecular weight excluding hydrogens is 146 g/mol. The summed E-state index contributed by atoms with van der Waals surface area (Å²) in [5.41, 5.74) is 6.64. The molecule has 1 aromatic carbocycles. The Kier molecular flexibility index (Phi) is 1.97. The minimum Gasteiger partial charge on any atom is -0.398 e. The normalized spacial score (nSPS) is 9.30. The van der Waals surface area contributed by atoms with E-state index < -0.39 is 0 Å². The lowest BCUT2D eigenvalue weighted by Gasteiger charge is -1.96. The number of nitrogens with two attached hydrogens (primary N) is 1. The second-order valence-electron chi connectivity index (χ2n) is 1.94. The lowest BCUT2D eigenvalue weighted by molar-refractivity contribution is 0.112. The molecule has 0 spiro atoms. The van der Waals surface area contributed by atoms with E-state index >= 15 is 0 Å². The van der Waals surface area contributed by atoms with E-state index in [0.29, 0.717) is 16.1 Å². The van der Waals surface area contributed by atoms with Crippen LogP contribution in [0.3, 0.4) is 0 Å².